The lowest BCUT2D eigenvalue weighted by atomic mass is 10.1. The van der Waals surface area contributed by atoms with Crippen LogP contribution in [0.15, 0.2) is 36.4 Å². The van der Waals surface area contributed by atoms with Crippen molar-refractivity contribution in [2.24, 2.45) is 0 Å². The number of carboxylic acid groups (broad SMARTS) is 1. The van der Waals surface area contributed by atoms with Crippen LogP contribution in [-0.2, 0) is 17.8 Å². The number of rotatable bonds is 6. The van der Waals surface area contributed by atoms with Crippen LogP contribution in [0.2, 0.25) is 0 Å². The molecule has 9 heteroatoms. The van der Waals surface area contributed by atoms with Gasteiger partial charge < -0.3 is 19.1 Å². The van der Waals surface area contributed by atoms with Crippen molar-refractivity contribution in [3.63, 3.8) is 0 Å². The van der Waals surface area contributed by atoms with Crippen LogP contribution in [0.5, 0.6) is 11.5 Å². The molecular weight excluding hydrogens is 394 g/mol. The van der Waals surface area contributed by atoms with E-state index in [1.165, 1.54) is 43.5 Å². The summed E-state index contributed by atoms with van der Waals surface area (Å²) in [5, 5.41) is 9.78. The third kappa shape index (κ3) is 4.44. The Labute approximate surface area is 163 Å². The molecular formula is C20H17F4NO4. The summed E-state index contributed by atoms with van der Waals surface area (Å²) >= 11 is 0. The van der Waals surface area contributed by atoms with Crippen molar-refractivity contribution in [2.45, 2.75) is 26.3 Å². The molecule has 0 bridgehead atoms. The molecule has 2 aromatic carbocycles. The zero-order valence-electron chi connectivity index (χ0n) is 15.5. The topological polar surface area (TPSA) is 60.7 Å². The van der Waals surface area contributed by atoms with Crippen LogP contribution in [0, 0.1) is 12.7 Å². The number of halogens is 4. The fourth-order valence-corrected chi connectivity index (χ4v) is 3.26. The van der Waals surface area contributed by atoms with E-state index in [9.17, 15) is 27.5 Å². The van der Waals surface area contributed by atoms with Gasteiger partial charge in [0.15, 0.2) is 11.6 Å². The highest BCUT2D eigenvalue weighted by Gasteiger charge is 2.31. The van der Waals surface area contributed by atoms with E-state index in [4.69, 9.17) is 4.74 Å². The number of hydrogen-bond acceptors (Lipinski definition) is 3. The minimum atomic E-state index is -4.78. The molecule has 154 valence electrons. The number of alkyl halides is 3. The largest absolute Gasteiger partial charge is 0.573 e. The first-order chi connectivity index (χ1) is 13.6. The van der Waals surface area contributed by atoms with E-state index in [0.717, 1.165) is 0 Å². The van der Waals surface area contributed by atoms with Gasteiger partial charge in [-0.15, -0.1) is 13.2 Å². The summed E-state index contributed by atoms with van der Waals surface area (Å²) < 4.78 is 61.8. The van der Waals surface area contributed by atoms with E-state index in [2.05, 4.69) is 4.74 Å². The molecule has 0 fully saturated rings. The molecule has 0 saturated carbocycles. The smallest absolute Gasteiger partial charge is 0.494 e. The summed E-state index contributed by atoms with van der Waals surface area (Å²) in [6, 6.07) is 8.00. The lowest BCUT2D eigenvalue weighted by Gasteiger charge is -2.12. The molecule has 0 unspecified atom stereocenters. The molecule has 0 atom stereocenters. The molecule has 0 aliphatic heterocycles. The number of aromatic nitrogens is 1. The van der Waals surface area contributed by atoms with Crippen LogP contribution < -0.4 is 9.47 Å². The molecule has 0 saturated heterocycles. The van der Waals surface area contributed by atoms with Gasteiger partial charge in [-0.2, -0.15) is 0 Å². The minimum Gasteiger partial charge on any atom is -0.494 e. The lowest BCUT2D eigenvalue weighted by Crippen LogP contribution is -2.17. The van der Waals surface area contributed by atoms with E-state index < -0.39 is 18.1 Å². The van der Waals surface area contributed by atoms with Crippen LogP contribution in [0.4, 0.5) is 17.6 Å². The molecule has 0 aliphatic carbocycles. The summed E-state index contributed by atoms with van der Waals surface area (Å²) in [5.41, 5.74) is 2.23. The van der Waals surface area contributed by atoms with E-state index >= 15 is 0 Å². The molecule has 5 nitrogen and oxygen atoms in total. The number of nitrogens with zero attached hydrogens (tertiary/aromatic N) is 1. The highest BCUT2D eigenvalue weighted by Crippen LogP contribution is 2.33. The molecule has 1 N–H and O–H groups in total. The number of methoxy groups -OCH3 is 1. The molecule has 3 rings (SSSR count). The fourth-order valence-electron chi connectivity index (χ4n) is 3.26. The first-order valence-corrected chi connectivity index (χ1v) is 8.50. The van der Waals surface area contributed by atoms with Crippen LogP contribution in [-0.4, -0.2) is 29.1 Å². The Hall–Kier alpha value is -3.23. The minimum absolute atomic E-state index is 0.00468. The van der Waals surface area contributed by atoms with Gasteiger partial charge in [-0.25, -0.2) is 4.39 Å². The van der Waals surface area contributed by atoms with E-state index in [1.54, 1.807) is 11.5 Å². The SMILES string of the molecule is COc1cc2c(CC(=O)O)c(C)n(Cc3ccc(OC(F)(F)F)cc3)c2cc1F. The molecule has 1 heterocycles. The maximum Gasteiger partial charge on any atom is 0.573 e. The molecule has 29 heavy (non-hydrogen) atoms. The average molecular weight is 411 g/mol. The van der Waals surface area contributed by atoms with Gasteiger partial charge in [0.2, 0.25) is 0 Å². The van der Waals surface area contributed by atoms with Gasteiger partial charge in [-0.05, 0) is 36.2 Å². The van der Waals surface area contributed by atoms with Gasteiger partial charge >= 0.3 is 12.3 Å². The Morgan fingerprint density at radius 1 is 1.17 bits per heavy atom. The number of carboxylic acids is 1. The number of carbonyl (C=O) groups is 1. The zero-order chi connectivity index (χ0) is 21.3. The summed E-state index contributed by atoms with van der Waals surface area (Å²) in [4.78, 5) is 11.3. The van der Waals surface area contributed by atoms with E-state index in [0.29, 0.717) is 27.7 Å². The van der Waals surface area contributed by atoms with Gasteiger partial charge in [0.25, 0.3) is 0 Å². The molecule has 0 amide bonds. The first kappa shape index (κ1) is 20.5. The summed E-state index contributed by atoms with van der Waals surface area (Å²) in [7, 11) is 1.32. The number of fused-ring (bicyclic) bond motifs is 1. The van der Waals surface area contributed by atoms with Gasteiger partial charge in [-0.3, -0.25) is 4.79 Å². The van der Waals surface area contributed by atoms with Crippen LogP contribution in [0.1, 0.15) is 16.8 Å². The first-order valence-electron chi connectivity index (χ1n) is 8.50. The van der Waals surface area contributed by atoms with E-state index in [-0.39, 0.29) is 24.5 Å². The van der Waals surface area contributed by atoms with E-state index in [1.807, 2.05) is 0 Å². The summed E-state index contributed by atoms with van der Waals surface area (Å²) in [6.07, 6.45) is -5.04. The van der Waals surface area contributed by atoms with Crippen LogP contribution >= 0.6 is 0 Å². The Morgan fingerprint density at radius 3 is 2.38 bits per heavy atom. The molecule has 0 radical (unpaired) electrons. The summed E-state index contributed by atoms with van der Waals surface area (Å²) in [5.74, 6) is -1.99. The molecule has 0 spiro atoms. The molecule has 0 aliphatic rings. The van der Waals surface area contributed by atoms with Crippen molar-refractivity contribution >= 4 is 16.9 Å². The van der Waals surface area contributed by atoms with Crippen molar-refractivity contribution in [2.75, 3.05) is 7.11 Å². The maximum absolute atomic E-state index is 14.3. The molecule has 3 aromatic rings. The Kier molecular flexibility index (Phi) is 5.41. The third-order valence-electron chi connectivity index (χ3n) is 4.55. The van der Waals surface area contributed by atoms with Gasteiger partial charge in [0.1, 0.15) is 5.75 Å². The molecule has 1 aromatic heterocycles. The standard InChI is InChI=1S/C20H17F4NO4/c1-11-14(8-19(26)27)15-7-18(28-2)16(21)9-17(15)25(11)10-12-3-5-13(6-4-12)29-20(22,23)24/h3-7,9H,8,10H2,1-2H3,(H,26,27). The second-order valence-corrected chi connectivity index (χ2v) is 6.42. The van der Waals surface area contributed by atoms with Crippen LogP contribution in [0.25, 0.3) is 10.9 Å². The van der Waals surface area contributed by atoms with Gasteiger partial charge in [0, 0.05) is 23.7 Å². The number of benzene rings is 2. The third-order valence-corrected chi connectivity index (χ3v) is 4.55. The van der Waals surface area contributed by atoms with Crippen molar-refractivity contribution in [1.29, 1.82) is 0 Å². The number of ether oxygens (including phenoxy) is 2. The second kappa shape index (κ2) is 7.65. The predicted octanol–water partition coefficient (Wildman–Crippen LogP) is 4.67. The highest BCUT2D eigenvalue weighted by molar-refractivity contribution is 5.90. The van der Waals surface area contributed by atoms with Gasteiger partial charge in [0.05, 0.1) is 19.0 Å². The Bertz CT molecular complexity index is 1060. The van der Waals surface area contributed by atoms with Crippen molar-refractivity contribution in [1.82, 2.24) is 4.57 Å². The van der Waals surface area contributed by atoms with Gasteiger partial charge in [-0.1, -0.05) is 12.1 Å². The van der Waals surface area contributed by atoms with Crippen molar-refractivity contribution in [3.8, 4) is 11.5 Å². The maximum atomic E-state index is 14.3. The Balaban J connectivity index is 2.03. The zero-order valence-corrected chi connectivity index (χ0v) is 15.5. The van der Waals surface area contributed by atoms with Crippen LogP contribution in [0.3, 0.4) is 0 Å². The number of hydrogen-bond donors (Lipinski definition) is 1. The summed E-state index contributed by atoms with van der Waals surface area (Å²) in [6.45, 7) is 1.92. The van der Waals surface area contributed by atoms with Crippen molar-refractivity contribution in [3.05, 3.63) is 59.0 Å². The average Bonchev–Trinajstić information content (AvgIpc) is 2.86. The second-order valence-electron chi connectivity index (χ2n) is 6.42. The Morgan fingerprint density at radius 2 is 1.83 bits per heavy atom. The lowest BCUT2D eigenvalue weighted by molar-refractivity contribution is -0.274. The predicted molar refractivity (Wildman–Crippen MR) is 96.8 cm³/mol. The number of aliphatic carboxylic acids is 1. The normalized spacial score (nSPS) is 11.7. The fraction of sp³-hybridized carbons (Fsp3) is 0.250. The van der Waals surface area contributed by atoms with Crippen molar-refractivity contribution < 1.29 is 36.9 Å². The highest BCUT2D eigenvalue weighted by atomic mass is 19.4. The monoisotopic (exact) mass is 411 g/mol. The quantitative estimate of drug-likeness (QED) is 0.599.